The van der Waals surface area contributed by atoms with Gasteiger partial charge in [0.15, 0.2) is 16.6 Å². The second kappa shape index (κ2) is 8.49. The van der Waals surface area contributed by atoms with Crippen molar-refractivity contribution in [1.82, 2.24) is 4.98 Å². The molecule has 1 N–H and O–H groups in total. The van der Waals surface area contributed by atoms with Gasteiger partial charge in [-0.2, -0.15) is 0 Å². The molecule has 1 aromatic carbocycles. The van der Waals surface area contributed by atoms with E-state index < -0.39 is 0 Å². The summed E-state index contributed by atoms with van der Waals surface area (Å²) < 4.78 is 11.1. The van der Waals surface area contributed by atoms with Crippen molar-refractivity contribution in [1.29, 1.82) is 0 Å². The van der Waals surface area contributed by atoms with Gasteiger partial charge in [-0.3, -0.25) is 10.1 Å². The Morgan fingerprint density at radius 3 is 2.54 bits per heavy atom. The minimum atomic E-state index is -0.212. The molecule has 1 amide bonds. The van der Waals surface area contributed by atoms with Crippen LogP contribution in [0, 0.1) is 13.8 Å². The Hall–Kier alpha value is -2.34. The highest BCUT2D eigenvalue weighted by Gasteiger charge is 2.07. The van der Waals surface area contributed by atoms with Crippen molar-refractivity contribution in [3.63, 3.8) is 0 Å². The maximum absolute atomic E-state index is 12.0. The minimum absolute atomic E-state index is 0.212. The Labute approximate surface area is 146 Å². The average molecular weight is 346 g/mol. The van der Waals surface area contributed by atoms with E-state index in [-0.39, 0.29) is 5.91 Å². The molecule has 0 fully saturated rings. The van der Waals surface area contributed by atoms with Crippen LogP contribution in [0.15, 0.2) is 24.3 Å². The first-order valence-corrected chi connectivity index (χ1v) is 8.67. The Morgan fingerprint density at radius 2 is 1.92 bits per heavy atom. The van der Waals surface area contributed by atoms with Gasteiger partial charge in [0.1, 0.15) is 0 Å². The van der Waals surface area contributed by atoms with Crippen LogP contribution in [0.25, 0.3) is 6.08 Å². The van der Waals surface area contributed by atoms with E-state index in [0.29, 0.717) is 29.8 Å². The van der Waals surface area contributed by atoms with Gasteiger partial charge in [-0.1, -0.05) is 6.07 Å². The summed E-state index contributed by atoms with van der Waals surface area (Å²) >= 11 is 1.47. The molecule has 0 bridgehead atoms. The number of hydrogen-bond acceptors (Lipinski definition) is 5. The van der Waals surface area contributed by atoms with E-state index >= 15 is 0 Å². The van der Waals surface area contributed by atoms with Gasteiger partial charge in [0.05, 0.1) is 18.9 Å². The number of thiazole rings is 1. The lowest BCUT2D eigenvalue weighted by molar-refractivity contribution is -0.111. The molecule has 1 heterocycles. The normalized spacial score (nSPS) is 10.8. The van der Waals surface area contributed by atoms with Crippen LogP contribution in [-0.2, 0) is 4.79 Å². The summed E-state index contributed by atoms with van der Waals surface area (Å²) in [6.45, 7) is 8.88. The molecule has 1 aromatic heterocycles. The highest BCUT2D eigenvalue weighted by atomic mass is 32.1. The quantitative estimate of drug-likeness (QED) is 0.763. The van der Waals surface area contributed by atoms with Gasteiger partial charge in [0.2, 0.25) is 5.91 Å². The Morgan fingerprint density at radius 1 is 1.21 bits per heavy atom. The summed E-state index contributed by atoms with van der Waals surface area (Å²) in [6.07, 6.45) is 3.22. The number of carbonyl (C=O) groups is 1. The van der Waals surface area contributed by atoms with Gasteiger partial charge < -0.3 is 9.47 Å². The molecule has 0 aliphatic carbocycles. The van der Waals surface area contributed by atoms with E-state index in [1.807, 2.05) is 45.9 Å². The summed E-state index contributed by atoms with van der Waals surface area (Å²) in [4.78, 5) is 17.4. The second-order valence-electron chi connectivity index (χ2n) is 5.06. The third-order valence-corrected chi connectivity index (χ3v) is 4.24. The number of amides is 1. The molecule has 2 rings (SSSR count). The molecule has 5 nitrogen and oxygen atoms in total. The number of aromatic nitrogens is 1. The summed E-state index contributed by atoms with van der Waals surface area (Å²) in [6, 6.07) is 5.59. The fourth-order valence-electron chi connectivity index (χ4n) is 2.02. The van der Waals surface area contributed by atoms with Crippen LogP contribution in [-0.4, -0.2) is 24.1 Å². The van der Waals surface area contributed by atoms with Crippen molar-refractivity contribution < 1.29 is 14.3 Å². The first-order chi connectivity index (χ1) is 11.5. The molecule has 0 radical (unpaired) electrons. The molecule has 0 aliphatic rings. The summed E-state index contributed by atoms with van der Waals surface area (Å²) in [5, 5.41) is 3.38. The number of anilines is 1. The van der Waals surface area contributed by atoms with Gasteiger partial charge in [-0.05, 0) is 51.5 Å². The first kappa shape index (κ1) is 18.0. The van der Waals surface area contributed by atoms with E-state index in [0.717, 1.165) is 16.1 Å². The molecule has 0 saturated heterocycles. The van der Waals surface area contributed by atoms with Gasteiger partial charge >= 0.3 is 0 Å². The van der Waals surface area contributed by atoms with E-state index in [1.165, 1.54) is 17.4 Å². The topological polar surface area (TPSA) is 60.5 Å². The molecule has 2 aromatic rings. The van der Waals surface area contributed by atoms with Crippen LogP contribution >= 0.6 is 11.3 Å². The minimum Gasteiger partial charge on any atom is -0.490 e. The van der Waals surface area contributed by atoms with Crippen LogP contribution < -0.4 is 14.8 Å². The highest BCUT2D eigenvalue weighted by Crippen LogP contribution is 2.29. The highest BCUT2D eigenvalue weighted by molar-refractivity contribution is 7.15. The lowest BCUT2D eigenvalue weighted by atomic mass is 10.2. The van der Waals surface area contributed by atoms with E-state index in [9.17, 15) is 4.79 Å². The molecule has 128 valence electrons. The van der Waals surface area contributed by atoms with Crippen molar-refractivity contribution in [2.75, 3.05) is 18.5 Å². The van der Waals surface area contributed by atoms with Gasteiger partial charge in [0.25, 0.3) is 0 Å². The third-order valence-electron chi connectivity index (χ3n) is 3.25. The Kier molecular flexibility index (Phi) is 6.37. The smallest absolute Gasteiger partial charge is 0.250 e. The van der Waals surface area contributed by atoms with Crippen molar-refractivity contribution in [3.8, 4) is 11.5 Å². The van der Waals surface area contributed by atoms with Gasteiger partial charge in [0, 0.05) is 11.0 Å². The van der Waals surface area contributed by atoms with Crippen LogP contribution in [0.1, 0.15) is 30.0 Å². The standard InChI is InChI=1S/C18H22N2O3S/c1-5-22-15-9-7-14(11-16(15)23-6-2)8-10-17(21)20-18-19-12(3)13(4)24-18/h7-11H,5-6H2,1-4H3,(H,19,20,21)/b10-8+. The number of nitrogens with one attached hydrogen (secondary N) is 1. The molecular weight excluding hydrogens is 324 g/mol. The van der Waals surface area contributed by atoms with Crippen molar-refractivity contribution in [3.05, 3.63) is 40.4 Å². The maximum atomic E-state index is 12.0. The number of hydrogen-bond donors (Lipinski definition) is 1. The lowest BCUT2D eigenvalue weighted by Crippen LogP contribution is -2.07. The summed E-state index contributed by atoms with van der Waals surface area (Å²) in [7, 11) is 0. The first-order valence-electron chi connectivity index (χ1n) is 7.86. The van der Waals surface area contributed by atoms with Gasteiger partial charge in [-0.25, -0.2) is 4.98 Å². The number of aryl methyl sites for hydroxylation is 2. The van der Waals surface area contributed by atoms with Crippen LogP contribution in [0.2, 0.25) is 0 Å². The van der Waals surface area contributed by atoms with Crippen molar-refractivity contribution >= 4 is 28.5 Å². The van der Waals surface area contributed by atoms with Crippen molar-refractivity contribution in [2.45, 2.75) is 27.7 Å². The Bertz CT molecular complexity index is 718. The fraction of sp³-hybridized carbons (Fsp3) is 0.333. The number of ether oxygens (including phenoxy) is 2. The molecule has 0 spiro atoms. The zero-order chi connectivity index (χ0) is 17.5. The zero-order valence-electron chi connectivity index (χ0n) is 14.4. The molecular formula is C18H22N2O3S. The second-order valence-corrected chi connectivity index (χ2v) is 6.26. The lowest BCUT2D eigenvalue weighted by Gasteiger charge is -2.11. The van der Waals surface area contributed by atoms with E-state index in [4.69, 9.17) is 9.47 Å². The number of nitrogens with zero attached hydrogens (tertiary/aromatic N) is 1. The van der Waals surface area contributed by atoms with Crippen LogP contribution in [0.3, 0.4) is 0 Å². The predicted octanol–water partition coefficient (Wildman–Crippen LogP) is 4.21. The van der Waals surface area contributed by atoms with Crippen LogP contribution in [0.5, 0.6) is 11.5 Å². The average Bonchev–Trinajstić information content (AvgIpc) is 2.85. The SMILES string of the molecule is CCOc1ccc(/C=C/C(=O)Nc2nc(C)c(C)s2)cc1OCC. The van der Waals surface area contributed by atoms with E-state index in [1.54, 1.807) is 6.08 Å². The van der Waals surface area contributed by atoms with Crippen molar-refractivity contribution in [2.24, 2.45) is 0 Å². The molecule has 0 unspecified atom stereocenters. The summed E-state index contributed by atoms with van der Waals surface area (Å²) in [5.74, 6) is 1.17. The van der Waals surface area contributed by atoms with Gasteiger partial charge in [-0.15, -0.1) is 11.3 Å². The number of rotatable bonds is 7. The molecule has 24 heavy (non-hydrogen) atoms. The fourth-order valence-corrected chi connectivity index (χ4v) is 2.83. The zero-order valence-corrected chi connectivity index (χ0v) is 15.2. The molecule has 0 aliphatic heterocycles. The largest absolute Gasteiger partial charge is 0.490 e. The predicted molar refractivity (Wildman–Crippen MR) is 98.0 cm³/mol. The molecule has 6 heteroatoms. The summed E-state index contributed by atoms with van der Waals surface area (Å²) in [5.41, 5.74) is 1.80. The maximum Gasteiger partial charge on any atom is 0.250 e. The molecule has 0 saturated carbocycles. The number of carbonyl (C=O) groups excluding carboxylic acids is 1. The van der Waals surface area contributed by atoms with E-state index in [2.05, 4.69) is 10.3 Å². The monoisotopic (exact) mass is 346 g/mol. The number of benzene rings is 1. The molecule has 0 atom stereocenters. The van der Waals surface area contributed by atoms with Crippen LogP contribution in [0.4, 0.5) is 5.13 Å². The Balaban J connectivity index is 2.07. The third kappa shape index (κ3) is 4.83.